The van der Waals surface area contributed by atoms with E-state index in [4.69, 9.17) is 24.0 Å². The molecule has 0 radical (unpaired) electrons. The van der Waals surface area contributed by atoms with Crippen molar-refractivity contribution in [2.45, 2.75) is 0 Å². The van der Waals surface area contributed by atoms with Gasteiger partial charge < -0.3 is 32.5 Å². The molecule has 0 heterocycles. The molecule has 0 aliphatic carbocycles. The standard InChI is InChI=1S/CH8O7Si2/c1-7-10(5,6)8-9(2,3)4/h2-6H,1H3. The molecule has 0 bridgehead atoms. The van der Waals surface area contributed by atoms with Crippen molar-refractivity contribution in [2.75, 3.05) is 7.11 Å². The van der Waals surface area contributed by atoms with E-state index in [2.05, 4.69) is 8.54 Å². The van der Waals surface area contributed by atoms with Crippen molar-refractivity contribution in [1.29, 1.82) is 0 Å². The fourth-order valence-electron chi connectivity index (χ4n) is 0.220. The van der Waals surface area contributed by atoms with Crippen molar-refractivity contribution in [2.24, 2.45) is 0 Å². The Balaban J connectivity index is 3.89. The summed E-state index contributed by atoms with van der Waals surface area (Å²) in [5.74, 6) is 0. The third-order valence-corrected chi connectivity index (χ3v) is 3.23. The third kappa shape index (κ3) is 4.98. The molecular formula is CH8O7Si2. The predicted octanol–water partition coefficient (Wildman–Crippen LogP) is -3.52. The van der Waals surface area contributed by atoms with E-state index in [1.165, 1.54) is 0 Å². The Morgan fingerprint density at radius 1 is 1.00 bits per heavy atom. The van der Waals surface area contributed by atoms with E-state index in [0.29, 0.717) is 0 Å². The highest BCUT2D eigenvalue weighted by Crippen LogP contribution is 2.00. The van der Waals surface area contributed by atoms with Crippen molar-refractivity contribution in [3.05, 3.63) is 0 Å². The smallest absolute Gasteiger partial charge is 0.368 e. The molecule has 0 aliphatic heterocycles. The minimum Gasteiger partial charge on any atom is -0.368 e. The van der Waals surface area contributed by atoms with Gasteiger partial charge in [0.2, 0.25) is 0 Å². The zero-order valence-corrected chi connectivity index (χ0v) is 7.05. The second-order valence-corrected chi connectivity index (χ2v) is 4.90. The molecule has 0 rings (SSSR count). The lowest BCUT2D eigenvalue weighted by atomic mass is 11.8. The van der Waals surface area contributed by atoms with Crippen molar-refractivity contribution in [3.63, 3.8) is 0 Å². The van der Waals surface area contributed by atoms with Gasteiger partial charge in [-0.3, -0.25) is 0 Å². The summed E-state index contributed by atoms with van der Waals surface area (Å²) in [4.78, 5) is 41.4. The van der Waals surface area contributed by atoms with Crippen molar-refractivity contribution in [3.8, 4) is 0 Å². The zero-order valence-electron chi connectivity index (χ0n) is 5.05. The van der Waals surface area contributed by atoms with Crippen LogP contribution in [-0.4, -0.2) is 49.2 Å². The molecule has 0 aliphatic rings. The van der Waals surface area contributed by atoms with Crippen molar-refractivity contribution < 1.29 is 32.5 Å². The van der Waals surface area contributed by atoms with Crippen LogP contribution < -0.4 is 0 Å². The highest BCUT2D eigenvalue weighted by atomic mass is 28.5. The van der Waals surface area contributed by atoms with Crippen LogP contribution >= 0.6 is 0 Å². The van der Waals surface area contributed by atoms with Crippen LogP contribution in [0.15, 0.2) is 0 Å². The molecule has 7 nitrogen and oxygen atoms in total. The molecule has 0 atom stereocenters. The van der Waals surface area contributed by atoms with E-state index in [1.54, 1.807) is 0 Å². The van der Waals surface area contributed by atoms with Crippen LogP contribution in [0, 0.1) is 0 Å². The average Bonchev–Trinajstić information content (AvgIpc) is 1.60. The first-order chi connectivity index (χ1) is 4.27. The lowest BCUT2D eigenvalue weighted by Gasteiger charge is -2.17. The summed E-state index contributed by atoms with van der Waals surface area (Å²) in [5, 5.41) is 0. The van der Waals surface area contributed by atoms with Gasteiger partial charge in [0, 0.05) is 7.11 Å². The highest BCUT2D eigenvalue weighted by Gasteiger charge is 2.48. The Hall–Kier alpha value is 0.154. The summed E-state index contributed by atoms with van der Waals surface area (Å²) in [7, 11) is -8.48. The SMILES string of the molecule is CO[Si](O)(O)O[Si](O)(O)O. The molecule has 0 aromatic heterocycles. The summed E-state index contributed by atoms with van der Waals surface area (Å²) in [5.41, 5.74) is 0. The Morgan fingerprint density at radius 2 is 1.40 bits per heavy atom. The van der Waals surface area contributed by atoms with E-state index in [-0.39, 0.29) is 0 Å². The van der Waals surface area contributed by atoms with Crippen LogP contribution in [0.5, 0.6) is 0 Å². The highest BCUT2D eigenvalue weighted by molar-refractivity contribution is 6.64. The molecule has 10 heavy (non-hydrogen) atoms. The lowest BCUT2D eigenvalue weighted by Crippen LogP contribution is -2.54. The molecule has 0 amide bonds. The number of hydrogen-bond donors (Lipinski definition) is 5. The normalized spacial score (nSPS) is 13.8. The Labute approximate surface area is 58.7 Å². The molecule has 0 aromatic carbocycles. The second kappa shape index (κ2) is 3.04. The van der Waals surface area contributed by atoms with Crippen molar-refractivity contribution in [1.82, 2.24) is 0 Å². The third-order valence-electron chi connectivity index (χ3n) is 0.536. The molecule has 5 N–H and O–H groups in total. The zero-order chi connectivity index (χ0) is 8.41. The van der Waals surface area contributed by atoms with E-state index >= 15 is 0 Å². The Bertz CT molecular complexity index is 105. The van der Waals surface area contributed by atoms with E-state index in [9.17, 15) is 0 Å². The van der Waals surface area contributed by atoms with Gasteiger partial charge in [-0.1, -0.05) is 0 Å². The molecule has 0 fully saturated rings. The van der Waals surface area contributed by atoms with Crippen molar-refractivity contribution >= 4 is 18.1 Å². The van der Waals surface area contributed by atoms with Crippen LogP contribution in [0.3, 0.4) is 0 Å². The van der Waals surface area contributed by atoms with E-state index in [1.807, 2.05) is 0 Å². The van der Waals surface area contributed by atoms with Crippen LogP contribution in [0.25, 0.3) is 0 Å². The quantitative estimate of drug-likeness (QED) is 0.291. The largest absolute Gasteiger partial charge is 0.668 e. The van der Waals surface area contributed by atoms with Gasteiger partial charge >= 0.3 is 18.1 Å². The fourth-order valence-corrected chi connectivity index (χ4v) is 1.98. The molecular weight excluding hydrogens is 180 g/mol. The maximum atomic E-state index is 8.46. The van der Waals surface area contributed by atoms with Gasteiger partial charge in [-0.15, -0.1) is 0 Å². The number of hydrogen-bond acceptors (Lipinski definition) is 7. The second-order valence-electron chi connectivity index (χ2n) is 1.43. The Kier molecular flexibility index (Phi) is 3.08. The lowest BCUT2D eigenvalue weighted by molar-refractivity contribution is 0.0270. The summed E-state index contributed by atoms with van der Waals surface area (Å²) in [6, 6.07) is 0. The first kappa shape index (κ1) is 10.2. The van der Waals surface area contributed by atoms with Gasteiger partial charge in [0.05, 0.1) is 0 Å². The minimum atomic E-state index is -4.88. The molecule has 9 heteroatoms. The molecule has 0 unspecified atom stereocenters. The summed E-state index contributed by atoms with van der Waals surface area (Å²) in [6.45, 7) is 0. The molecule has 0 saturated carbocycles. The van der Waals surface area contributed by atoms with Gasteiger partial charge in [-0.25, -0.2) is 0 Å². The van der Waals surface area contributed by atoms with Crippen LogP contribution in [0.1, 0.15) is 0 Å². The number of rotatable bonds is 3. The van der Waals surface area contributed by atoms with Gasteiger partial charge in [0.1, 0.15) is 0 Å². The Morgan fingerprint density at radius 3 is 1.50 bits per heavy atom. The minimum absolute atomic E-state index is 0.895. The maximum Gasteiger partial charge on any atom is 0.668 e. The summed E-state index contributed by atoms with van der Waals surface area (Å²) in [6.07, 6.45) is 0. The predicted molar refractivity (Wildman–Crippen MR) is 30.7 cm³/mol. The summed E-state index contributed by atoms with van der Waals surface area (Å²) < 4.78 is 7.50. The fraction of sp³-hybridized carbons (Fsp3) is 1.00. The van der Waals surface area contributed by atoms with Gasteiger partial charge in [-0.2, -0.15) is 0 Å². The first-order valence-corrected chi connectivity index (χ1v) is 5.60. The summed E-state index contributed by atoms with van der Waals surface area (Å²) >= 11 is 0. The average molecular weight is 188 g/mol. The molecule has 0 aromatic rings. The topological polar surface area (TPSA) is 120 Å². The van der Waals surface area contributed by atoms with Gasteiger partial charge in [0.15, 0.2) is 0 Å². The van der Waals surface area contributed by atoms with E-state index in [0.717, 1.165) is 7.11 Å². The molecule has 0 saturated heterocycles. The van der Waals surface area contributed by atoms with Crippen LogP contribution in [-0.2, 0) is 8.54 Å². The van der Waals surface area contributed by atoms with E-state index < -0.39 is 18.1 Å². The van der Waals surface area contributed by atoms with Crippen LogP contribution in [0.2, 0.25) is 0 Å². The molecule has 62 valence electrons. The molecule has 0 spiro atoms. The maximum absolute atomic E-state index is 8.46. The van der Waals surface area contributed by atoms with Gasteiger partial charge in [-0.05, 0) is 0 Å². The van der Waals surface area contributed by atoms with Gasteiger partial charge in [0.25, 0.3) is 0 Å². The monoisotopic (exact) mass is 188 g/mol. The van der Waals surface area contributed by atoms with Crippen LogP contribution in [0.4, 0.5) is 0 Å². The first-order valence-electron chi connectivity index (χ1n) is 2.14.